The second-order valence-electron chi connectivity index (χ2n) is 4.81. The Labute approximate surface area is 138 Å². The summed E-state index contributed by atoms with van der Waals surface area (Å²) in [6.07, 6.45) is 0. The quantitative estimate of drug-likeness (QED) is 0.564. The van der Waals surface area contributed by atoms with Crippen LogP contribution in [0.1, 0.15) is 11.5 Å². The Morgan fingerprint density at radius 3 is 2.43 bits per heavy atom. The van der Waals surface area contributed by atoms with E-state index in [2.05, 4.69) is 10.1 Å². The number of nitrogens with zero attached hydrogens (tertiary/aromatic N) is 3. The largest absolute Gasteiger partial charge is 0.440 e. The topological polar surface area (TPSA) is 74.1 Å². The third-order valence-corrected chi connectivity index (χ3v) is 4.98. The van der Waals surface area contributed by atoms with Crippen LogP contribution in [0.2, 0.25) is 0 Å². The van der Waals surface area contributed by atoms with Crippen molar-refractivity contribution in [1.29, 1.82) is 0 Å². The number of aryl methyl sites for hydroxylation is 1. The molecule has 0 aliphatic rings. The van der Waals surface area contributed by atoms with Crippen molar-refractivity contribution in [2.24, 2.45) is 0 Å². The van der Waals surface area contributed by atoms with Gasteiger partial charge in [0.1, 0.15) is 11.5 Å². The Balaban J connectivity index is 1.65. The molecule has 4 rings (SSSR count). The van der Waals surface area contributed by atoms with Crippen molar-refractivity contribution in [3.63, 3.8) is 0 Å². The van der Waals surface area contributed by atoms with Crippen LogP contribution in [0.5, 0.6) is 0 Å². The van der Waals surface area contributed by atoms with Crippen LogP contribution in [0.25, 0.3) is 21.5 Å². The van der Waals surface area contributed by atoms with E-state index in [1.807, 2.05) is 41.9 Å². The fraction of sp³-hybridized carbons (Fsp3) is 0.133. The molecule has 4 aromatic rings. The minimum atomic E-state index is -0.506. The third-order valence-electron chi connectivity index (χ3n) is 3.26. The molecule has 0 radical (unpaired) electrons. The van der Waals surface area contributed by atoms with Gasteiger partial charge in [0.2, 0.25) is 5.89 Å². The van der Waals surface area contributed by atoms with Crippen LogP contribution < -0.4 is 5.76 Å². The van der Waals surface area contributed by atoms with E-state index in [4.69, 9.17) is 8.83 Å². The summed E-state index contributed by atoms with van der Waals surface area (Å²) < 4.78 is 12.1. The molecule has 8 heteroatoms. The molecule has 0 spiro atoms. The average molecular weight is 345 g/mol. The lowest BCUT2D eigenvalue weighted by Gasteiger charge is -1.94. The predicted octanol–water partition coefficient (Wildman–Crippen LogP) is 3.64. The molecule has 0 saturated carbocycles. The molecule has 0 aromatic carbocycles. The fourth-order valence-electron chi connectivity index (χ4n) is 2.13. The lowest BCUT2D eigenvalue weighted by Crippen LogP contribution is -2.17. The molecule has 0 aliphatic heterocycles. The Bertz CT molecular complexity index is 978. The van der Waals surface area contributed by atoms with Crippen molar-refractivity contribution >= 4 is 22.7 Å². The van der Waals surface area contributed by atoms with E-state index >= 15 is 0 Å². The van der Waals surface area contributed by atoms with E-state index in [9.17, 15) is 4.79 Å². The van der Waals surface area contributed by atoms with Crippen LogP contribution in [-0.4, -0.2) is 14.8 Å². The highest BCUT2D eigenvalue weighted by Gasteiger charge is 2.16. The summed E-state index contributed by atoms with van der Waals surface area (Å²) in [6.45, 7) is 2.04. The Hall–Kier alpha value is -2.45. The summed E-state index contributed by atoms with van der Waals surface area (Å²) in [5.41, 5.74) is 0.668. The highest BCUT2D eigenvalue weighted by molar-refractivity contribution is 7.13. The lowest BCUT2D eigenvalue weighted by molar-refractivity contribution is 0.491. The van der Waals surface area contributed by atoms with Gasteiger partial charge in [0, 0.05) is 0 Å². The van der Waals surface area contributed by atoms with Crippen LogP contribution in [0.3, 0.4) is 0 Å². The van der Waals surface area contributed by atoms with E-state index < -0.39 is 5.76 Å². The first-order valence-corrected chi connectivity index (χ1v) is 8.58. The maximum Gasteiger partial charge on any atom is 0.437 e. The number of rotatable bonds is 4. The van der Waals surface area contributed by atoms with E-state index in [1.165, 1.54) is 16.0 Å². The second-order valence-corrected chi connectivity index (χ2v) is 6.70. The molecule has 0 bridgehead atoms. The van der Waals surface area contributed by atoms with Crippen molar-refractivity contribution in [3.05, 3.63) is 57.0 Å². The maximum absolute atomic E-state index is 12.0. The SMILES string of the molecule is Cc1oc(-c2cccs2)nc1Cn1nc(-c2cccs2)oc1=O. The first kappa shape index (κ1) is 14.2. The van der Waals surface area contributed by atoms with Crippen LogP contribution in [0.4, 0.5) is 0 Å². The minimum Gasteiger partial charge on any atom is -0.440 e. The molecule has 6 nitrogen and oxygen atoms in total. The van der Waals surface area contributed by atoms with Gasteiger partial charge < -0.3 is 8.83 Å². The van der Waals surface area contributed by atoms with Gasteiger partial charge in [-0.3, -0.25) is 0 Å². The van der Waals surface area contributed by atoms with Crippen molar-refractivity contribution in [3.8, 4) is 21.5 Å². The van der Waals surface area contributed by atoms with Crippen molar-refractivity contribution in [2.45, 2.75) is 13.5 Å². The highest BCUT2D eigenvalue weighted by atomic mass is 32.1. The van der Waals surface area contributed by atoms with Gasteiger partial charge in [0.05, 0.1) is 16.3 Å². The molecule has 0 amide bonds. The van der Waals surface area contributed by atoms with Gasteiger partial charge in [-0.05, 0) is 29.8 Å². The number of thiophene rings is 2. The zero-order chi connectivity index (χ0) is 15.8. The number of aromatic nitrogens is 3. The molecule has 23 heavy (non-hydrogen) atoms. The van der Waals surface area contributed by atoms with E-state index in [0.717, 1.165) is 9.75 Å². The molecular formula is C15H11N3O3S2. The van der Waals surface area contributed by atoms with Crippen molar-refractivity contribution in [1.82, 2.24) is 14.8 Å². The molecule has 0 unspecified atom stereocenters. The highest BCUT2D eigenvalue weighted by Crippen LogP contribution is 2.26. The zero-order valence-electron chi connectivity index (χ0n) is 12.1. The third kappa shape index (κ3) is 2.66. The van der Waals surface area contributed by atoms with E-state index in [-0.39, 0.29) is 6.54 Å². The Kier molecular flexibility index (Phi) is 3.47. The normalized spacial score (nSPS) is 11.2. The smallest absolute Gasteiger partial charge is 0.437 e. The molecule has 4 aromatic heterocycles. The van der Waals surface area contributed by atoms with Gasteiger partial charge in [-0.1, -0.05) is 12.1 Å². The van der Waals surface area contributed by atoms with E-state index in [0.29, 0.717) is 23.2 Å². The number of hydrogen-bond acceptors (Lipinski definition) is 7. The van der Waals surface area contributed by atoms with Gasteiger partial charge in [-0.15, -0.1) is 27.8 Å². The summed E-state index contributed by atoms with van der Waals surface area (Å²) in [6, 6.07) is 7.62. The van der Waals surface area contributed by atoms with Gasteiger partial charge in [0.25, 0.3) is 5.89 Å². The molecule has 0 aliphatic carbocycles. The Morgan fingerprint density at radius 2 is 1.78 bits per heavy atom. The summed E-state index contributed by atoms with van der Waals surface area (Å²) in [7, 11) is 0. The Morgan fingerprint density at radius 1 is 1.09 bits per heavy atom. The zero-order valence-corrected chi connectivity index (χ0v) is 13.7. The lowest BCUT2D eigenvalue weighted by atomic mass is 10.4. The van der Waals surface area contributed by atoms with Crippen LogP contribution >= 0.6 is 22.7 Å². The molecule has 4 heterocycles. The monoisotopic (exact) mass is 345 g/mol. The molecular weight excluding hydrogens is 334 g/mol. The van der Waals surface area contributed by atoms with E-state index in [1.54, 1.807) is 11.3 Å². The first-order chi connectivity index (χ1) is 11.2. The first-order valence-electron chi connectivity index (χ1n) is 6.83. The van der Waals surface area contributed by atoms with Gasteiger partial charge in [0.15, 0.2) is 0 Å². The van der Waals surface area contributed by atoms with Crippen LogP contribution in [-0.2, 0) is 6.54 Å². The summed E-state index contributed by atoms with van der Waals surface area (Å²) in [5, 5.41) is 8.10. The van der Waals surface area contributed by atoms with Gasteiger partial charge in [-0.2, -0.15) is 4.68 Å². The average Bonchev–Trinajstić information content (AvgIpc) is 3.29. The molecule has 0 fully saturated rings. The molecule has 116 valence electrons. The van der Waals surface area contributed by atoms with Gasteiger partial charge >= 0.3 is 5.76 Å². The number of oxazole rings is 1. The van der Waals surface area contributed by atoms with Crippen LogP contribution in [0, 0.1) is 6.92 Å². The molecule has 0 atom stereocenters. The summed E-state index contributed by atoms with van der Waals surface area (Å²) >= 11 is 3.02. The predicted molar refractivity (Wildman–Crippen MR) is 87.7 cm³/mol. The molecule has 0 saturated heterocycles. The summed E-state index contributed by atoms with van der Waals surface area (Å²) in [4.78, 5) is 18.2. The standard InChI is InChI=1S/C15H11N3O3S2/c1-9-10(16-13(20-9)11-4-2-6-22-11)8-18-15(19)21-14(17-18)12-5-3-7-23-12/h2-7H,8H2,1H3. The number of hydrogen-bond donors (Lipinski definition) is 0. The van der Waals surface area contributed by atoms with Crippen molar-refractivity contribution < 1.29 is 8.83 Å². The van der Waals surface area contributed by atoms with Crippen LogP contribution in [0.15, 0.2) is 48.7 Å². The second kappa shape index (κ2) is 5.64. The fourth-order valence-corrected chi connectivity index (χ4v) is 3.42. The summed E-state index contributed by atoms with van der Waals surface area (Å²) in [5.74, 6) is 1.04. The molecule has 0 N–H and O–H groups in total. The van der Waals surface area contributed by atoms with Crippen molar-refractivity contribution in [2.75, 3.05) is 0 Å². The minimum absolute atomic E-state index is 0.217. The maximum atomic E-state index is 12.0. The van der Waals surface area contributed by atoms with Gasteiger partial charge in [-0.25, -0.2) is 9.78 Å².